The van der Waals surface area contributed by atoms with Gasteiger partial charge in [-0.15, -0.1) is 10.2 Å². The molecule has 0 saturated heterocycles. The van der Waals surface area contributed by atoms with Gasteiger partial charge in [-0.1, -0.05) is 30.3 Å². The highest BCUT2D eigenvalue weighted by molar-refractivity contribution is 8.14. The summed E-state index contributed by atoms with van der Waals surface area (Å²) in [4.78, 5) is 39.8. The molecule has 4 aliphatic rings. The van der Waals surface area contributed by atoms with Crippen molar-refractivity contribution in [2.24, 2.45) is 22.7 Å². The number of aliphatic hydroxyl groups is 1. The van der Waals surface area contributed by atoms with E-state index in [9.17, 15) is 29.9 Å². The molecular formula is C33H32FN3O7S. The number of esters is 1. The summed E-state index contributed by atoms with van der Waals surface area (Å²) >= 11 is 0.755. The van der Waals surface area contributed by atoms with Gasteiger partial charge in [-0.2, -0.15) is 5.26 Å². The Hall–Kier alpha value is -4.08. The number of carbonyl (C=O) groups excluding carboxylic acids is 3. The molecule has 1 aromatic heterocycles. The molecule has 3 unspecified atom stereocenters. The average molecular weight is 634 g/mol. The van der Waals surface area contributed by atoms with E-state index in [0.717, 1.165) is 11.8 Å². The molecule has 1 aromatic carbocycles. The second-order valence-electron chi connectivity index (χ2n) is 12.6. The van der Waals surface area contributed by atoms with Crippen LogP contribution in [0.1, 0.15) is 56.3 Å². The fraction of sp³-hybridized carbons (Fsp3) is 0.455. The van der Waals surface area contributed by atoms with Crippen molar-refractivity contribution in [3.05, 3.63) is 65.8 Å². The van der Waals surface area contributed by atoms with Gasteiger partial charge in [0.15, 0.2) is 17.1 Å². The fourth-order valence-electron chi connectivity index (χ4n) is 8.32. The molecule has 6 rings (SSSR count). The summed E-state index contributed by atoms with van der Waals surface area (Å²) in [6.45, 7) is 3.51. The monoisotopic (exact) mass is 633 g/mol. The van der Waals surface area contributed by atoms with Crippen LogP contribution in [0.25, 0.3) is 0 Å². The Labute approximate surface area is 263 Å². The van der Waals surface area contributed by atoms with Crippen molar-refractivity contribution in [2.45, 2.75) is 63.3 Å². The van der Waals surface area contributed by atoms with Gasteiger partial charge < -0.3 is 19.7 Å². The summed E-state index contributed by atoms with van der Waals surface area (Å²) < 4.78 is 29.3. The maximum atomic E-state index is 17.5. The molecule has 1 heterocycles. The highest BCUT2D eigenvalue weighted by Crippen LogP contribution is 2.70. The van der Waals surface area contributed by atoms with Crippen LogP contribution in [0.15, 0.2) is 60.2 Å². The molecule has 7 atom stereocenters. The first-order valence-electron chi connectivity index (χ1n) is 14.8. The topological polar surface area (TPSA) is 160 Å². The van der Waals surface area contributed by atoms with Gasteiger partial charge in [-0.05, 0) is 81.4 Å². The molecule has 4 aliphatic carbocycles. The first-order chi connectivity index (χ1) is 21.4. The van der Waals surface area contributed by atoms with E-state index in [1.165, 1.54) is 48.6 Å². The Morgan fingerprint density at radius 1 is 1.13 bits per heavy atom. The molecule has 0 bridgehead atoms. The summed E-state index contributed by atoms with van der Waals surface area (Å²) in [5, 5.41) is 37.0. The molecule has 12 heteroatoms. The van der Waals surface area contributed by atoms with Crippen LogP contribution in [0.5, 0.6) is 17.5 Å². The second kappa shape index (κ2) is 11.1. The lowest BCUT2D eigenvalue weighted by Gasteiger charge is -2.62. The number of nitrogens with zero attached hydrogens (tertiary/aromatic N) is 3. The van der Waals surface area contributed by atoms with Crippen LogP contribution >= 0.6 is 11.8 Å². The minimum absolute atomic E-state index is 0.116. The predicted molar refractivity (Wildman–Crippen MR) is 160 cm³/mol. The number of halogens is 1. The number of thioether (sulfide) groups is 1. The van der Waals surface area contributed by atoms with Crippen molar-refractivity contribution in [1.29, 1.82) is 5.26 Å². The molecule has 0 amide bonds. The normalized spacial score (nSPS) is 34.9. The van der Waals surface area contributed by atoms with Gasteiger partial charge in [0.2, 0.25) is 16.9 Å². The number of hydrogen-bond donors (Lipinski definition) is 2. The van der Waals surface area contributed by atoms with Gasteiger partial charge in [0.1, 0.15) is 5.75 Å². The van der Waals surface area contributed by atoms with E-state index in [1.54, 1.807) is 19.9 Å². The number of hydrogen-bond acceptors (Lipinski definition) is 11. The van der Waals surface area contributed by atoms with Gasteiger partial charge in [0, 0.05) is 28.9 Å². The third-order valence-electron chi connectivity index (χ3n) is 10.6. The lowest BCUT2D eigenvalue weighted by Crippen LogP contribution is -2.69. The van der Waals surface area contributed by atoms with Gasteiger partial charge in [-0.3, -0.25) is 9.59 Å². The first kappa shape index (κ1) is 30.9. The Balaban J connectivity index is 1.31. The van der Waals surface area contributed by atoms with Crippen LogP contribution in [0.4, 0.5) is 4.39 Å². The van der Waals surface area contributed by atoms with E-state index in [-0.39, 0.29) is 41.7 Å². The van der Waals surface area contributed by atoms with Crippen molar-refractivity contribution >= 4 is 28.6 Å². The van der Waals surface area contributed by atoms with Crippen LogP contribution in [0.3, 0.4) is 0 Å². The van der Waals surface area contributed by atoms with Crippen molar-refractivity contribution in [3.63, 3.8) is 0 Å². The lowest BCUT2D eigenvalue weighted by atomic mass is 9.45. The third kappa shape index (κ3) is 4.67. The predicted octanol–water partition coefficient (Wildman–Crippen LogP) is 5.02. The van der Waals surface area contributed by atoms with Crippen LogP contribution < -0.4 is 4.74 Å². The number of aromatic nitrogens is 2. The number of benzene rings is 1. The quantitative estimate of drug-likeness (QED) is 0.411. The molecule has 10 nitrogen and oxygen atoms in total. The summed E-state index contributed by atoms with van der Waals surface area (Å²) in [6, 6.07) is 10.7. The van der Waals surface area contributed by atoms with E-state index < -0.39 is 51.1 Å². The zero-order chi connectivity index (χ0) is 32.2. The van der Waals surface area contributed by atoms with Gasteiger partial charge in [0.05, 0.1) is 23.5 Å². The second-order valence-corrected chi connectivity index (χ2v) is 13.6. The number of allylic oxidation sites excluding steroid dienone is 4. The highest BCUT2D eigenvalue weighted by Gasteiger charge is 2.75. The number of rotatable bonds is 6. The van der Waals surface area contributed by atoms with Crippen LogP contribution in [-0.4, -0.2) is 60.4 Å². The Kier molecular flexibility index (Phi) is 7.61. The van der Waals surface area contributed by atoms with Gasteiger partial charge >= 0.3 is 5.97 Å². The number of carbonyl (C=O) groups is 3. The van der Waals surface area contributed by atoms with Crippen LogP contribution in [-0.2, 0) is 14.3 Å². The SMILES string of the molecule is C[C@]12C=CC(=O)C=C1CCC1C3CC[C@](OC(=O)c4ccc(Oc5ccc(O)nn5)cc4)(C(=O)SCC#N)[C@@]3(C)C[C@H](O)C12F. The Morgan fingerprint density at radius 3 is 2.58 bits per heavy atom. The van der Waals surface area contributed by atoms with Crippen molar-refractivity contribution in [1.82, 2.24) is 10.2 Å². The molecule has 3 saturated carbocycles. The van der Waals surface area contributed by atoms with Crippen molar-refractivity contribution in [3.8, 4) is 23.6 Å². The standard InChI is InChI=1S/C33H32FN3O7S/c1-30-13-11-21(38)17-20(30)5-8-24-23-12-14-32(29(42)45-16-15-35,31(23,2)18-25(39)33(24,30)34)44-28(41)19-3-6-22(7-4-19)43-27-10-9-26(40)36-37-27/h3-4,6-7,9-11,13,17,23-25,39H,5,8,12,14,16,18H2,1-2H3,(H,36,40)/t23?,24?,25-,30-,31-,32-,33?/m0/s1. The third-order valence-corrected chi connectivity index (χ3v) is 11.4. The Morgan fingerprint density at radius 2 is 1.89 bits per heavy atom. The van der Waals surface area contributed by atoms with Gasteiger partial charge in [0.25, 0.3) is 0 Å². The molecule has 0 radical (unpaired) electrons. The number of aromatic hydroxyl groups is 1. The van der Waals surface area contributed by atoms with E-state index in [4.69, 9.17) is 9.47 Å². The van der Waals surface area contributed by atoms with E-state index >= 15 is 4.39 Å². The van der Waals surface area contributed by atoms with E-state index in [0.29, 0.717) is 30.6 Å². The smallest absolute Gasteiger partial charge is 0.339 e. The number of ether oxygens (including phenoxy) is 2. The summed E-state index contributed by atoms with van der Waals surface area (Å²) in [5.74, 6) is -2.03. The first-order valence-corrected chi connectivity index (χ1v) is 15.8. The summed E-state index contributed by atoms with van der Waals surface area (Å²) in [6.07, 6.45) is 4.06. The highest BCUT2D eigenvalue weighted by atomic mass is 32.2. The summed E-state index contributed by atoms with van der Waals surface area (Å²) in [7, 11) is 0. The molecule has 45 heavy (non-hydrogen) atoms. The van der Waals surface area contributed by atoms with Crippen LogP contribution in [0, 0.1) is 34.0 Å². The van der Waals surface area contributed by atoms with E-state index in [2.05, 4.69) is 10.2 Å². The summed E-state index contributed by atoms with van der Waals surface area (Å²) in [5.41, 5.74) is -5.35. The van der Waals surface area contributed by atoms with E-state index in [1.807, 2.05) is 6.07 Å². The number of nitriles is 1. The Bertz CT molecular complexity index is 1660. The largest absolute Gasteiger partial charge is 0.492 e. The molecule has 3 fully saturated rings. The fourth-order valence-corrected chi connectivity index (χ4v) is 9.13. The molecule has 234 valence electrons. The molecule has 0 spiro atoms. The number of alkyl halides is 1. The molecule has 2 N–H and O–H groups in total. The minimum Gasteiger partial charge on any atom is -0.492 e. The number of fused-ring (bicyclic) bond motifs is 5. The van der Waals surface area contributed by atoms with Crippen molar-refractivity contribution in [2.75, 3.05) is 5.75 Å². The average Bonchev–Trinajstić information content (AvgIpc) is 3.30. The molecule has 0 aliphatic heterocycles. The zero-order valence-corrected chi connectivity index (χ0v) is 25.6. The molecular weight excluding hydrogens is 601 g/mol. The maximum Gasteiger partial charge on any atom is 0.339 e. The number of aliphatic hydroxyl groups excluding tert-OH is 1. The van der Waals surface area contributed by atoms with Crippen LogP contribution in [0.2, 0.25) is 0 Å². The van der Waals surface area contributed by atoms with Gasteiger partial charge in [-0.25, -0.2) is 9.18 Å². The number of ketones is 1. The maximum absolute atomic E-state index is 17.5. The molecule has 2 aromatic rings. The van der Waals surface area contributed by atoms with Crippen molar-refractivity contribution < 1.29 is 38.5 Å². The lowest BCUT2D eigenvalue weighted by molar-refractivity contribution is -0.214. The zero-order valence-electron chi connectivity index (χ0n) is 24.7. The minimum atomic E-state index is -2.10.